The Labute approximate surface area is 177 Å². The number of halogens is 1. The fourth-order valence-corrected chi connectivity index (χ4v) is 3.25. The summed E-state index contributed by atoms with van der Waals surface area (Å²) in [5.74, 6) is -0.176. The second kappa shape index (κ2) is 17.0. The molecular formula is C26H40FNO. The van der Waals surface area contributed by atoms with E-state index in [1.165, 1.54) is 57.1 Å². The largest absolute Gasteiger partial charge is 0.350 e. The molecule has 1 amide bonds. The monoisotopic (exact) mass is 401 g/mol. The number of nitrogens with one attached hydrogen (secondary N) is 1. The number of hydrogen-bond donors (Lipinski definition) is 1. The summed E-state index contributed by atoms with van der Waals surface area (Å²) >= 11 is 0. The van der Waals surface area contributed by atoms with Gasteiger partial charge in [-0.2, -0.15) is 0 Å². The second-order valence-electron chi connectivity index (χ2n) is 7.82. The highest BCUT2D eigenvalue weighted by Crippen LogP contribution is 2.14. The minimum atomic E-state index is -0.252. The molecule has 0 aromatic heterocycles. The summed E-state index contributed by atoms with van der Waals surface area (Å²) in [6.07, 6.45) is 22.7. The molecule has 0 aliphatic carbocycles. The number of carbonyl (C=O) groups excluding carboxylic acids is 1. The second-order valence-corrected chi connectivity index (χ2v) is 7.82. The Kier molecular flexibility index (Phi) is 14.7. The normalized spacial score (nSPS) is 12.7. The molecule has 0 spiro atoms. The highest BCUT2D eigenvalue weighted by atomic mass is 19.1. The first-order valence-corrected chi connectivity index (χ1v) is 11.5. The van der Waals surface area contributed by atoms with Crippen molar-refractivity contribution in [1.29, 1.82) is 0 Å². The van der Waals surface area contributed by atoms with Crippen molar-refractivity contribution in [1.82, 2.24) is 5.32 Å². The Bertz CT molecular complexity index is 591. The number of amides is 1. The molecule has 0 heterocycles. The molecule has 0 aliphatic heterocycles. The fraction of sp³-hybridized carbons (Fsp3) is 0.577. The topological polar surface area (TPSA) is 29.1 Å². The van der Waals surface area contributed by atoms with E-state index in [4.69, 9.17) is 0 Å². The molecule has 2 nitrogen and oxygen atoms in total. The molecule has 0 aliphatic rings. The van der Waals surface area contributed by atoms with Gasteiger partial charge in [-0.15, -0.1) is 0 Å². The quantitative estimate of drug-likeness (QED) is 0.222. The molecular weight excluding hydrogens is 361 g/mol. The third-order valence-electron chi connectivity index (χ3n) is 5.10. The van der Waals surface area contributed by atoms with Gasteiger partial charge in [0, 0.05) is 6.42 Å². The number of benzene rings is 1. The van der Waals surface area contributed by atoms with Gasteiger partial charge >= 0.3 is 0 Å². The van der Waals surface area contributed by atoms with Crippen molar-refractivity contribution in [2.75, 3.05) is 0 Å². The summed E-state index contributed by atoms with van der Waals surface area (Å²) in [6, 6.07) is 6.22. The van der Waals surface area contributed by atoms with Crippen LogP contribution in [0.4, 0.5) is 4.39 Å². The molecule has 0 saturated heterocycles. The fourth-order valence-electron chi connectivity index (χ4n) is 3.25. The van der Waals surface area contributed by atoms with Gasteiger partial charge in [0.15, 0.2) is 0 Å². The van der Waals surface area contributed by atoms with E-state index in [0.29, 0.717) is 6.42 Å². The van der Waals surface area contributed by atoms with Gasteiger partial charge in [-0.3, -0.25) is 4.79 Å². The predicted molar refractivity (Wildman–Crippen MR) is 122 cm³/mol. The van der Waals surface area contributed by atoms with Crippen molar-refractivity contribution in [3.63, 3.8) is 0 Å². The summed E-state index contributed by atoms with van der Waals surface area (Å²) in [7, 11) is 0. The highest BCUT2D eigenvalue weighted by Gasteiger charge is 2.09. The molecule has 1 rings (SSSR count). The Balaban J connectivity index is 1.95. The first-order valence-electron chi connectivity index (χ1n) is 11.5. The van der Waals surface area contributed by atoms with Gasteiger partial charge < -0.3 is 5.32 Å². The number of unbranched alkanes of at least 4 members (excludes halogenated alkanes) is 8. The Morgan fingerprint density at radius 1 is 0.897 bits per heavy atom. The van der Waals surface area contributed by atoms with Gasteiger partial charge in [0.1, 0.15) is 5.82 Å². The van der Waals surface area contributed by atoms with Gasteiger partial charge in [0.25, 0.3) is 0 Å². The minimum Gasteiger partial charge on any atom is -0.350 e. The zero-order valence-corrected chi connectivity index (χ0v) is 18.5. The average molecular weight is 402 g/mol. The molecule has 162 valence electrons. The smallest absolute Gasteiger partial charge is 0.220 e. The first-order chi connectivity index (χ1) is 14.1. The molecule has 29 heavy (non-hydrogen) atoms. The van der Waals surface area contributed by atoms with Crippen LogP contribution in [0.3, 0.4) is 0 Å². The molecule has 0 saturated carbocycles. The molecule has 3 heteroatoms. The van der Waals surface area contributed by atoms with Crippen molar-refractivity contribution in [3.05, 3.63) is 60.0 Å². The van der Waals surface area contributed by atoms with E-state index in [1.807, 2.05) is 6.92 Å². The summed E-state index contributed by atoms with van der Waals surface area (Å²) < 4.78 is 13.0. The van der Waals surface area contributed by atoms with Crippen LogP contribution in [0.15, 0.2) is 48.6 Å². The van der Waals surface area contributed by atoms with Crippen molar-refractivity contribution in [3.8, 4) is 0 Å². The van der Waals surface area contributed by atoms with E-state index in [1.54, 1.807) is 12.1 Å². The number of carbonyl (C=O) groups is 1. The highest BCUT2D eigenvalue weighted by molar-refractivity contribution is 5.76. The van der Waals surface area contributed by atoms with Crippen LogP contribution in [-0.4, -0.2) is 5.91 Å². The number of hydrogen-bond acceptors (Lipinski definition) is 1. The lowest BCUT2D eigenvalue weighted by Crippen LogP contribution is -2.26. The Hall–Kier alpha value is -1.90. The van der Waals surface area contributed by atoms with Gasteiger partial charge in [-0.1, -0.05) is 75.5 Å². The maximum Gasteiger partial charge on any atom is 0.220 e. The van der Waals surface area contributed by atoms with Gasteiger partial charge in [-0.05, 0) is 63.1 Å². The molecule has 1 aromatic rings. The molecule has 0 bridgehead atoms. The van der Waals surface area contributed by atoms with E-state index in [0.717, 1.165) is 31.2 Å². The van der Waals surface area contributed by atoms with Gasteiger partial charge in [0.2, 0.25) is 5.91 Å². The van der Waals surface area contributed by atoms with Crippen LogP contribution in [0.5, 0.6) is 0 Å². The molecule has 1 atom stereocenters. The van der Waals surface area contributed by atoms with Gasteiger partial charge in [-0.25, -0.2) is 4.39 Å². The third-order valence-corrected chi connectivity index (χ3v) is 5.10. The van der Waals surface area contributed by atoms with E-state index in [-0.39, 0.29) is 17.8 Å². The summed E-state index contributed by atoms with van der Waals surface area (Å²) in [4.78, 5) is 12.0. The number of rotatable bonds is 16. The van der Waals surface area contributed by atoms with E-state index >= 15 is 0 Å². The summed E-state index contributed by atoms with van der Waals surface area (Å²) in [5, 5.41) is 2.99. The van der Waals surface area contributed by atoms with E-state index < -0.39 is 0 Å². The van der Waals surface area contributed by atoms with Crippen LogP contribution in [0, 0.1) is 5.82 Å². The van der Waals surface area contributed by atoms with Crippen molar-refractivity contribution in [2.24, 2.45) is 0 Å². The molecule has 1 aromatic carbocycles. The van der Waals surface area contributed by atoms with Crippen LogP contribution in [0.1, 0.15) is 103 Å². The molecule has 0 fully saturated rings. The van der Waals surface area contributed by atoms with Crippen LogP contribution < -0.4 is 5.32 Å². The zero-order chi connectivity index (χ0) is 21.2. The summed E-state index contributed by atoms with van der Waals surface area (Å²) in [6.45, 7) is 4.17. The predicted octanol–water partition coefficient (Wildman–Crippen LogP) is 7.82. The van der Waals surface area contributed by atoms with Crippen molar-refractivity contribution < 1.29 is 9.18 Å². The summed E-state index contributed by atoms with van der Waals surface area (Å²) in [5.41, 5.74) is 0.930. The first kappa shape index (κ1) is 25.1. The lowest BCUT2D eigenvalue weighted by molar-refractivity contribution is -0.121. The van der Waals surface area contributed by atoms with E-state index in [2.05, 4.69) is 36.5 Å². The maximum absolute atomic E-state index is 13.0. The third kappa shape index (κ3) is 13.8. The standard InChI is InChI=1S/C26H40FNO/c1-3-4-5-6-7-8-9-10-11-12-13-14-15-16-17-18-26(29)28-23(2)24-19-21-25(27)22-20-24/h7-8,10-11,19-23H,3-6,9,12-18H2,1-2H3,(H,28,29)/b8-7-,11-10-. The maximum atomic E-state index is 13.0. The van der Waals surface area contributed by atoms with Crippen LogP contribution in [-0.2, 0) is 4.79 Å². The lowest BCUT2D eigenvalue weighted by Gasteiger charge is -2.14. The molecule has 1 N–H and O–H groups in total. The van der Waals surface area contributed by atoms with Gasteiger partial charge in [0.05, 0.1) is 6.04 Å². The SMILES string of the molecule is CCCCC/C=C\C/C=C\CCCCCCCC(=O)NC(C)c1ccc(F)cc1. The number of allylic oxidation sites excluding steroid dienone is 4. The lowest BCUT2D eigenvalue weighted by atomic mass is 10.1. The van der Waals surface area contributed by atoms with Crippen LogP contribution in [0.2, 0.25) is 0 Å². The van der Waals surface area contributed by atoms with Crippen molar-refractivity contribution >= 4 is 5.91 Å². The average Bonchev–Trinajstić information content (AvgIpc) is 2.71. The minimum absolute atomic E-state index is 0.0764. The zero-order valence-electron chi connectivity index (χ0n) is 18.5. The van der Waals surface area contributed by atoms with Crippen LogP contribution >= 0.6 is 0 Å². The van der Waals surface area contributed by atoms with Crippen LogP contribution in [0.25, 0.3) is 0 Å². The Morgan fingerprint density at radius 3 is 2.14 bits per heavy atom. The molecule has 0 radical (unpaired) electrons. The molecule has 1 unspecified atom stereocenters. The van der Waals surface area contributed by atoms with Crippen molar-refractivity contribution in [2.45, 2.75) is 96.9 Å². The Morgan fingerprint density at radius 2 is 1.48 bits per heavy atom. The van der Waals surface area contributed by atoms with E-state index in [9.17, 15) is 9.18 Å².